The van der Waals surface area contributed by atoms with Gasteiger partial charge >= 0.3 is 0 Å². The van der Waals surface area contributed by atoms with Crippen molar-refractivity contribution in [1.29, 1.82) is 0 Å². The maximum atomic E-state index is 12.1. The fraction of sp³-hybridized carbons (Fsp3) is 0.385. The molecule has 2 aromatic rings. The van der Waals surface area contributed by atoms with Crippen LogP contribution in [0.2, 0.25) is 0 Å². The van der Waals surface area contributed by atoms with Crippen LogP contribution in [-0.4, -0.2) is 27.6 Å². The standard InChI is InChI=1S/C13H14N4OS/c1-2-17(12(18)10-3-4-10)13-16-15-11(19-13)9-5-7-14-8-6-9/h5-8,10H,2-4H2,1H3. The lowest BCUT2D eigenvalue weighted by molar-refractivity contribution is -0.119. The Hall–Kier alpha value is -1.82. The number of nitrogens with zero attached hydrogens (tertiary/aromatic N) is 4. The Bertz CT molecular complexity index is 579. The average Bonchev–Trinajstić information content (AvgIpc) is 3.20. The van der Waals surface area contributed by atoms with Gasteiger partial charge in [-0.25, -0.2) is 0 Å². The Kier molecular flexibility index (Phi) is 3.25. The minimum atomic E-state index is 0.180. The van der Waals surface area contributed by atoms with Gasteiger partial charge in [0.2, 0.25) is 11.0 Å². The Labute approximate surface area is 115 Å². The second kappa shape index (κ2) is 5.05. The molecule has 1 fully saturated rings. The molecule has 0 atom stereocenters. The minimum absolute atomic E-state index is 0.180. The summed E-state index contributed by atoms with van der Waals surface area (Å²) in [5.41, 5.74) is 0.980. The van der Waals surface area contributed by atoms with Crippen LogP contribution in [0.3, 0.4) is 0 Å². The van der Waals surface area contributed by atoms with Crippen LogP contribution in [0.4, 0.5) is 5.13 Å². The average molecular weight is 274 g/mol. The summed E-state index contributed by atoms with van der Waals surface area (Å²) in [7, 11) is 0. The monoisotopic (exact) mass is 274 g/mol. The Morgan fingerprint density at radius 3 is 2.74 bits per heavy atom. The van der Waals surface area contributed by atoms with Crippen LogP contribution in [-0.2, 0) is 4.79 Å². The lowest BCUT2D eigenvalue weighted by Gasteiger charge is -2.16. The first kappa shape index (κ1) is 12.2. The van der Waals surface area contributed by atoms with Gasteiger partial charge in [-0.05, 0) is 31.9 Å². The van der Waals surface area contributed by atoms with E-state index in [4.69, 9.17) is 0 Å². The van der Waals surface area contributed by atoms with E-state index in [9.17, 15) is 4.79 Å². The summed E-state index contributed by atoms with van der Waals surface area (Å²) in [5, 5.41) is 9.82. The van der Waals surface area contributed by atoms with Crippen molar-refractivity contribution >= 4 is 22.4 Å². The van der Waals surface area contributed by atoms with Crippen molar-refractivity contribution in [3.63, 3.8) is 0 Å². The van der Waals surface area contributed by atoms with Crippen LogP contribution < -0.4 is 4.90 Å². The molecule has 19 heavy (non-hydrogen) atoms. The molecule has 0 aliphatic heterocycles. The molecule has 2 heterocycles. The molecule has 0 unspecified atom stereocenters. The molecule has 1 aliphatic carbocycles. The molecule has 0 N–H and O–H groups in total. The molecule has 1 aliphatic rings. The van der Waals surface area contributed by atoms with Crippen molar-refractivity contribution < 1.29 is 4.79 Å². The maximum Gasteiger partial charge on any atom is 0.231 e. The van der Waals surface area contributed by atoms with Crippen LogP contribution in [0.5, 0.6) is 0 Å². The normalized spacial score (nSPS) is 14.4. The molecule has 0 radical (unpaired) electrons. The zero-order valence-electron chi connectivity index (χ0n) is 10.6. The van der Waals surface area contributed by atoms with Gasteiger partial charge in [0, 0.05) is 30.4 Å². The third-order valence-electron chi connectivity index (χ3n) is 3.08. The van der Waals surface area contributed by atoms with Crippen molar-refractivity contribution in [2.24, 2.45) is 5.92 Å². The first-order valence-electron chi connectivity index (χ1n) is 6.35. The third kappa shape index (κ3) is 2.49. The number of pyridine rings is 1. The summed E-state index contributed by atoms with van der Waals surface area (Å²) in [5.74, 6) is 0.383. The Morgan fingerprint density at radius 2 is 2.11 bits per heavy atom. The molecule has 6 heteroatoms. The largest absolute Gasteiger partial charge is 0.287 e. The van der Waals surface area contributed by atoms with E-state index in [0.29, 0.717) is 11.7 Å². The summed E-state index contributed by atoms with van der Waals surface area (Å²) < 4.78 is 0. The molecule has 0 aromatic carbocycles. The molecular weight excluding hydrogens is 260 g/mol. The van der Waals surface area contributed by atoms with E-state index in [2.05, 4.69) is 15.2 Å². The molecule has 0 saturated heterocycles. The minimum Gasteiger partial charge on any atom is -0.287 e. The number of hydrogen-bond acceptors (Lipinski definition) is 5. The lowest BCUT2D eigenvalue weighted by Crippen LogP contribution is -2.31. The van der Waals surface area contributed by atoms with Gasteiger partial charge < -0.3 is 0 Å². The highest BCUT2D eigenvalue weighted by Crippen LogP contribution is 2.34. The van der Waals surface area contributed by atoms with E-state index in [-0.39, 0.29) is 11.8 Å². The van der Waals surface area contributed by atoms with Crippen molar-refractivity contribution in [2.75, 3.05) is 11.4 Å². The van der Waals surface area contributed by atoms with Crippen LogP contribution in [0, 0.1) is 5.92 Å². The quantitative estimate of drug-likeness (QED) is 0.858. The molecular formula is C13H14N4OS. The second-order valence-electron chi connectivity index (χ2n) is 4.48. The molecule has 1 saturated carbocycles. The van der Waals surface area contributed by atoms with Gasteiger partial charge in [0.15, 0.2) is 0 Å². The van der Waals surface area contributed by atoms with Crippen LogP contribution >= 0.6 is 11.3 Å². The van der Waals surface area contributed by atoms with Gasteiger partial charge in [0.05, 0.1) is 0 Å². The number of carbonyl (C=O) groups excluding carboxylic acids is 1. The van der Waals surface area contributed by atoms with Crippen LogP contribution in [0.15, 0.2) is 24.5 Å². The van der Waals surface area contributed by atoms with Crippen molar-refractivity contribution in [1.82, 2.24) is 15.2 Å². The summed E-state index contributed by atoms with van der Waals surface area (Å²) in [4.78, 5) is 17.9. The Morgan fingerprint density at radius 1 is 1.37 bits per heavy atom. The zero-order chi connectivity index (χ0) is 13.2. The van der Waals surface area contributed by atoms with Gasteiger partial charge in [-0.3, -0.25) is 14.7 Å². The van der Waals surface area contributed by atoms with E-state index < -0.39 is 0 Å². The van der Waals surface area contributed by atoms with E-state index >= 15 is 0 Å². The van der Waals surface area contributed by atoms with Gasteiger partial charge in [-0.15, -0.1) is 10.2 Å². The van der Waals surface area contributed by atoms with Gasteiger partial charge in [-0.2, -0.15) is 0 Å². The van der Waals surface area contributed by atoms with Gasteiger partial charge in [0.25, 0.3) is 0 Å². The third-order valence-corrected chi connectivity index (χ3v) is 4.08. The smallest absolute Gasteiger partial charge is 0.231 e. The molecule has 1 amide bonds. The molecule has 0 bridgehead atoms. The summed E-state index contributed by atoms with van der Waals surface area (Å²) in [6, 6.07) is 3.78. The van der Waals surface area contributed by atoms with Crippen molar-refractivity contribution in [3.8, 4) is 10.6 Å². The molecule has 98 valence electrons. The molecule has 5 nitrogen and oxygen atoms in total. The molecule has 3 rings (SSSR count). The second-order valence-corrected chi connectivity index (χ2v) is 5.44. The lowest BCUT2D eigenvalue weighted by atomic mass is 10.3. The number of carbonyl (C=O) groups is 1. The predicted octanol–water partition coefficient (Wildman–Crippen LogP) is 2.36. The fourth-order valence-electron chi connectivity index (χ4n) is 1.87. The number of hydrogen-bond donors (Lipinski definition) is 0. The van der Waals surface area contributed by atoms with E-state index in [1.54, 1.807) is 17.3 Å². The highest BCUT2D eigenvalue weighted by atomic mass is 32.1. The summed E-state index contributed by atoms with van der Waals surface area (Å²) in [6.07, 6.45) is 5.46. The van der Waals surface area contributed by atoms with Crippen LogP contribution in [0.1, 0.15) is 19.8 Å². The predicted molar refractivity (Wildman–Crippen MR) is 73.9 cm³/mol. The van der Waals surface area contributed by atoms with Crippen molar-refractivity contribution in [3.05, 3.63) is 24.5 Å². The van der Waals surface area contributed by atoms with Gasteiger partial charge in [-0.1, -0.05) is 11.3 Å². The fourth-order valence-corrected chi connectivity index (χ4v) is 2.79. The SMILES string of the molecule is CCN(C(=O)C1CC1)c1nnc(-c2ccncc2)s1. The van der Waals surface area contributed by atoms with E-state index in [0.717, 1.165) is 23.4 Å². The number of amides is 1. The first-order valence-corrected chi connectivity index (χ1v) is 7.16. The summed E-state index contributed by atoms with van der Waals surface area (Å²) in [6.45, 7) is 2.61. The Balaban J connectivity index is 1.85. The highest BCUT2D eigenvalue weighted by molar-refractivity contribution is 7.18. The summed E-state index contributed by atoms with van der Waals surface area (Å²) >= 11 is 1.45. The zero-order valence-corrected chi connectivity index (χ0v) is 11.4. The van der Waals surface area contributed by atoms with E-state index in [1.807, 2.05) is 19.1 Å². The number of rotatable bonds is 4. The number of anilines is 1. The molecule has 2 aromatic heterocycles. The van der Waals surface area contributed by atoms with Crippen LogP contribution in [0.25, 0.3) is 10.6 Å². The van der Waals surface area contributed by atoms with Crippen molar-refractivity contribution in [2.45, 2.75) is 19.8 Å². The highest BCUT2D eigenvalue weighted by Gasteiger charge is 2.34. The van der Waals surface area contributed by atoms with E-state index in [1.165, 1.54) is 11.3 Å². The van der Waals surface area contributed by atoms with Gasteiger partial charge in [0.1, 0.15) is 5.01 Å². The maximum absolute atomic E-state index is 12.1. The topological polar surface area (TPSA) is 59.0 Å². The number of aromatic nitrogens is 3. The molecule has 0 spiro atoms. The first-order chi connectivity index (χ1) is 9.29.